The van der Waals surface area contributed by atoms with Crippen LogP contribution in [-0.2, 0) is 11.3 Å². The van der Waals surface area contributed by atoms with E-state index in [1.165, 1.54) is 22.2 Å². The Morgan fingerprint density at radius 3 is 2.50 bits per heavy atom. The standard InChI is InChI=1S/C20H22N2O.ClH/c1-5-16-6-8-17(9-7-16)19-20-18(10-11-21-19)14(2)15(3)22(20)12-13-23-4;/h5-11H,1,12-13H2,2-4H3;1H. The minimum Gasteiger partial charge on any atom is -0.383 e. The van der Waals surface area contributed by atoms with Gasteiger partial charge in [0.15, 0.2) is 0 Å². The smallest absolute Gasteiger partial charge is 0.0944 e. The lowest BCUT2D eigenvalue weighted by atomic mass is 10.1. The van der Waals surface area contributed by atoms with E-state index in [1.807, 2.05) is 12.3 Å². The number of nitrogens with zero attached hydrogens (tertiary/aromatic N) is 2. The van der Waals surface area contributed by atoms with E-state index in [-0.39, 0.29) is 12.4 Å². The Bertz CT molecular complexity index is 850. The van der Waals surface area contributed by atoms with E-state index in [0.29, 0.717) is 6.61 Å². The summed E-state index contributed by atoms with van der Waals surface area (Å²) in [6.07, 6.45) is 3.75. The molecule has 2 aromatic heterocycles. The number of ether oxygens (including phenoxy) is 1. The van der Waals surface area contributed by atoms with E-state index in [2.05, 4.69) is 60.3 Å². The third-order valence-corrected chi connectivity index (χ3v) is 4.48. The third-order valence-electron chi connectivity index (χ3n) is 4.48. The van der Waals surface area contributed by atoms with E-state index >= 15 is 0 Å². The van der Waals surface area contributed by atoms with Crippen molar-refractivity contribution in [3.8, 4) is 11.3 Å². The summed E-state index contributed by atoms with van der Waals surface area (Å²) >= 11 is 0. The molecule has 0 amide bonds. The summed E-state index contributed by atoms with van der Waals surface area (Å²) < 4.78 is 7.60. The van der Waals surface area contributed by atoms with E-state index in [9.17, 15) is 0 Å². The van der Waals surface area contributed by atoms with Crippen LogP contribution in [0.25, 0.3) is 28.2 Å². The van der Waals surface area contributed by atoms with Gasteiger partial charge in [0.05, 0.1) is 17.8 Å². The summed E-state index contributed by atoms with van der Waals surface area (Å²) in [7, 11) is 1.74. The molecule has 0 spiro atoms. The van der Waals surface area contributed by atoms with Crippen LogP contribution in [0.3, 0.4) is 0 Å². The molecule has 24 heavy (non-hydrogen) atoms. The highest BCUT2D eigenvalue weighted by Crippen LogP contribution is 2.32. The first-order valence-electron chi connectivity index (χ1n) is 7.83. The second-order valence-corrected chi connectivity index (χ2v) is 5.74. The zero-order valence-corrected chi connectivity index (χ0v) is 15.2. The highest BCUT2D eigenvalue weighted by molar-refractivity contribution is 5.95. The summed E-state index contributed by atoms with van der Waals surface area (Å²) in [5.74, 6) is 0. The lowest BCUT2D eigenvalue weighted by Gasteiger charge is -2.11. The SMILES string of the molecule is C=Cc1ccc(-c2nccc3c(C)c(C)n(CCOC)c23)cc1.Cl. The predicted molar refractivity (Wildman–Crippen MR) is 104 cm³/mol. The maximum absolute atomic E-state index is 5.28. The lowest BCUT2D eigenvalue weighted by molar-refractivity contribution is 0.188. The Morgan fingerprint density at radius 1 is 1.17 bits per heavy atom. The molecule has 0 saturated carbocycles. The van der Waals surface area contributed by atoms with Gasteiger partial charge in [0.1, 0.15) is 0 Å². The van der Waals surface area contributed by atoms with Crippen LogP contribution in [0.5, 0.6) is 0 Å². The van der Waals surface area contributed by atoms with Crippen LogP contribution in [0.4, 0.5) is 0 Å². The van der Waals surface area contributed by atoms with E-state index in [1.54, 1.807) is 7.11 Å². The fourth-order valence-corrected chi connectivity index (χ4v) is 3.05. The molecule has 0 atom stereocenters. The van der Waals surface area contributed by atoms with Gasteiger partial charge in [-0.05, 0) is 31.0 Å². The van der Waals surface area contributed by atoms with Crippen molar-refractivity contribution in [3.05, 3.63) is 59.9 Å². The molecule has 0 bridgehead atoms. The summed E-state index contributed by atoms with van der Waals surface area (Å²) in [5, 5.41) is 1.26. The van der Waals surface area contributed by atoms with Gasteiger partial charge in [-0.15, -0.1) is 12.4 Å². The number of pyridine rings is 1. The van der Waals surface area contributed by atoms with Crippen molar-refractivity contribution in [1.82, 2.24) is 9.55 Å². The average Bonchev–Trinajstić information content (AvgIpc) is 2.84. The Kier molecular flexibility index (Phi) is 5.81. The monoisotopic (exact) mass is 342 g/mol. The van der Waals surface area contributed by atoms with Crippen molar-refractivity contribution >= 4 is 29.4 Å². The number of hydrogen-bond acceptors (Lipinski definition) is 2. The largest absolute Gasteiger partial charge is 0.383 e. The van der Waals surface area contributed by atoms with Gasteiger partial charge in [0, 0.05) is 36.5 Å². The molecule has 2 heterocycles. The molecule has 1 aromatic carbocycles. The lowest BCUT2D eigenvalue weighted by Crippen LogP contribution is -2.06. The normalized spacial score (nSPS) is 10.6. The van der Waals surface area contributed by atoms with Crippen molar-refractivity contribution in [2.75, 3.05) is 13.7 Å². The zero-order chi connectivity index (χ0) is 16.4. The Hall–Kier alpha value is -2.10. The van der Waals surface area contributed by atoms with Crippen LogP contribution in [0.2, 0.25) is 0 Å². The van der Waals surface area contributed by atoms with Crippen molar-refractivity contribution < 1.29 is 4.74 Å². The van der Waals surface area contributed by atoms with Crippen molar-refractivity contribution in [2.45, 2.75) is 20.4 Å². The van der Waals surface area contributed by atoms with Gasteiger partial charge in [-0.1, -0.05) is 36.9 Å². The van der Waals surface area contributed by atoms with Gasteiger partial charge < -0.3 is 9.30 Å². The van der Waals surface area contributed by atoms with Crippen LogP contribution in [0.15, 0.2) is 43.1 Å². The number of fused-ring (bicyclic) bond motifs is 1. The second-order valence-electron chi connectivity index (χ2n) is 5.74. The Balaban J connectivity index is 0.00000208. The molecule has 0 radical (unpaired) electrons. The summed E-state index contributed by atoms with van der Waals surface area (Å²) in [4.78, 5) is 4.67. The molecule has 3 nitrogen and oxygen atoms in total. The van der Waals surface area contributed by atoms with Crippen LogP contribution in [-0.4, -0.2) is 23.3 Å². The Morgan fingerprint density at radius 2 is 1.88 bits per heavy atom. The maximum atomic E-state index is 5.28. The fraction of sp³-hybridized carbons (Fsp3) is 0.250. The predicted octanol–water partition coefficient (Wildman–Crippen LogP) is 5.03. The molecule has 0 saturated heterocycles. The topological polar surface area (TPSA) is 27.1 Å². The highest BCUT2D eigenvalue weighted by Gasteiger charge is 2.16. The highest BCUT2D eigenvalue weighted by atomic mass is 35.5. The number of hydrogen-bond donors (Lipinski definition) is 0. The van der Waals surface area contributed by atoms with Crippen LogP contribution in [0.1, 0.15) is 16.8 Å². The molecule has 0 aliphatic rings. The number of benzene rings is 1. The minimum absolute atomic E-state index is 0. The molecule has 3 rings (SSSR count). The molecule has 4 heteroatoms. The van der Waals surface area contributed by atoms with E-state index in [0.717, 1.165) is 23.4 Å². The second kappa shape index (κ2) is 7.65. The van der Waals surface area contributed by atoms with Gasteiger partial charge in [-0.2, -0.15) is 0 Å². The number of aromatic nitrogens is 2. The summed E-state index contributed by atoms with van der Waals surface area (Å²) in [5.41, 5.74) is 7.02. The molecular formula is C20H23ClN2O. The minimum atomic E-state index is 0. The molecule has 0 N–H and O–H groups in total. The fourth-order valence-electron chi connectivity index (χ4n) is 3.05. The zero-order valence-electron chi connectivity index (χ0n) is 14.4. The first kappa shape index (κ1) is 18.2. The first-order chi connectivity index (χ1) is 11.2. The van der Waals surface area contributed by atoms with Gasteiger partial charge in [0.2, 0.25) is 0 Å². The van der Waals surface area contributed by atoms with Gasteiger partial charge in [-0.25, -0.2) is 0 Å². The number of halogens is 1. The molecular weight excluding hydrogens is 320 g/mol. The maximum Gasteiger partial charge on any atom is 0.0944 e. The first-order valence-corrected chi connectivity index (χ1v) is 7.83. The van der Waals surface area contributed by atoms with Gasteiger partial charge in [-0.3, -0.25) is 4.98 Å². The summed E-state index contributed by atoms with van der Waals surface area (Å²) in [6.45, 7) is 9.66. The quantitative estimate of drug-likeness (QED) is 0.650. The van der Waals surface area contributed by atoms with Crippen molar-refractivity contribution in [3.63, 3.8) is 0 Å². The molecule has 0 aliphatic carbocycles. The number of rotatable bonds is 5. The molecule has 126 valence electrons. The molecule has 0 aliphatic heterocycles. The van der Waals surface area contributed by atoms with Gasteiger partial charge >= 0.3 is 0 Å². The Labute approximate surface area is 149 Å². The molecule has 0 unspecified atom stereocenters. The molecule has 3 aromatic rings. The van der Waals surface area contributed by atoms with E-state index < -0.39 is 0 Å². The van der Waals surface area contributed by atoms with Gasteiger partial charge in [0.25, 0.3) is 0 Å². The van der Waals surface area contributed by atoms with Crippen molar-refractivity contribution in [2.24, 2.45) is 0 Å². The summed E-state index contributed by atoms with van der Waals surface area (Å²) in [6, 6.07) is 10.5. The van der Waals surface area contributed by atoms with Crippen molar-refractivity contribution in [1.29, 1.82) is 0 Å². The average molecular weight is 343 g/mol. The van der Waals surface area contributed by atoms with Crippen LogP contribution in [0, 0.1) is 13.8 Å². The molecule has 0 fully saturated rings. The van der Waals surface area contributed by atoms with Crippen LogP contribution < -0.4 is 0 Å². The van der Waals surface area contributed by atoms with E-state index in [4.69, 9.17) is 4.74 Å². The number of aryl methyl sites for hydroxylation is 1. The number of methoxy groups -OCH3 is 1. The van der Waals surface area contributed by atoms with Crippen LogP contribution >= 0.6 is 12.4 Å². The third kappa shape index (κ3) is 3.10.